The standard InChI is InChI=1S/C16H25NO2/c1-11(2)13-7-6-12(3)14(10-13)15(17(4)5)8-9-16(18)19/h6-7,10-11,15H,8-9H2,1-5H3,(H,18,19). The van der Waals surface area contributed by atoms with Gasteiger partial charge in [-0.15, -0.1) is 0 Å². The first kappa shape index (κ1) is 15.7. The maximum absolute atomic E-state index is 10.8. The number of hydrogen-bond donors (Lipinski definition) is 1. The Morgan fingerprint density at radius 2 is 1.95 bits per heavy atom. The quantitative estimate of drug-likeness (QED) is 0.852. The second kappa shape index (κ2) is 6.71. The van der Waals surface area contributed by atoms with Crippen molar-refractivity contribution in [2.24, 2.45) is 0 Å². The van der Waals surface area contributed by atoms with Gasteiger partial charge in [-0.05, 0) is 50.0 Å². The van der Waals surface area contributed by atoms with Gasteiger partial charge in [0.2, 0.25) is 0 Å². The Kier molecular flexibility index (Phi) is 5.55. The molecule has 0 saturated carbocycles. The minimum Gasteiger partial charge on any atom is -0.481 e. The van der Waals surface area contributed by atoms with Gasteiger partial charge in [-0.25, -0.2) is 0 Å². The van der Waals surface area contributed by atoms with Crippen LogP contribution in [0.4, 0.5) is 0 Å². The van der Waals surface area contributed by atoms with Gasteiger partial charge in [-0.3, -0.25) is 4.79 Å². The number of rotatable bonds is 6. The number of aliphatic carboxylic acids is 1. The van der Waals surface area contributed by atoms with Crippen LogP contribution in [-0.4, -0.2) is 30.1 Å². The van der Waals surface area contributed by atoms with Crippen LogP contribution in [0.1, 0.15) is 55.3 Å². The molecule has 1 aromatic rings. The molecule has 1 N–H and O–H groups in total. The molecule has 1 unspecified atom stereocenters. The molecule has 1 rings (SSSR count). The zero-order valence-electron chi connectivity index (χ0n) is 12.6. The van der Waals surface area contributed by atoms with Crippen LogP contribution in [0.2, 0.25) is 0 Å². The van der Waals surface area contributed by atoms with Crippen LogP contribution >= 0.6 is 0 Å². The number of hydrogen-bond acceptors (Lipinski definition) is 2. The van der Waals surface area contributed by atoms with Gasteiger partial charge in [0.15, 0.2) is 0 Å². The number of aryl methyl sites for hydroxylation is 1. The second-order valence-corrected chi connectivity index (χ2v) is 5.68. The molecule has 1 aromatic carbocycles. The van der Waals surface area contributed by atoms with Crippen LogP contribution in [0, 0.1) is 6.92 Å². The summed E-state index contributed by atoms with van der Waals surface area (Å²) in [5.74, 6) is -0.244. The highest BCUT2D eigenvalue weighted by molar-refractivity contribution is 5.66. The average molecular weight is 263 g/mol. The van der Waals surface area contributed by atoms with Crippen LogP contribution in [-0.2, 0) is 4.79 Å². The van der Waals surface area contributed by atoms with Crippen LogP contribution in [0.15, 0.2) is 18.2 Å². The van der Waals surface area contributed by atoms with Gasteiger partial charge in [0.25, 0.3) is 0 Å². The lowest BCUT2D eigenvalue weighted by Gasteiger charge is -2.26. The Balaban J connectivity index is 3.07. The Labute approximate surface area is 116 Å². The van der Waals surface area contributed by atoms with Crippen molar-refractivity contribution in [2.75, 3.05) is 14.1 Å². The molecule has 1 atom stereocenters. The monoisotopic (exact) mass is 263 g/mol. The molecule has 0 aliphatic heterocycles. The van der Waals surface area contributed by atoms with E-state index in [4.69, 9.17) is 5.11 Å². The minimum absolute atomic E-state index is 0.162. The van der Waals surface area contributed by atoms with E-state index in [0.717, 1.165) is 0 Å². The summed E-state index contributed by atoms with van der Waals surface area (Å²) in [5.41, 5.74) is 3.79. The molecular formula is C16H25NO2. The SMILES string of the molecule is Cc1ccc(C(C)C)cc1C(CCC(=O)O)N(C)C. The number of carbonyl (C=O) groups is 1. The number of nitrogens with zero attached hydrogens (tertiary/aromatic N) is 1. The minimum atomic E-state index is -0.732. The van der Waals surface area contributed by atoms with Crippen molar-refractivity contribution in [3.8, 4) is 0 Å². The maximum Gasteiger partial charge on any atom is 0.303 e. The van der Waals surface area contributed by atoms with E-state index in [1.807, 2.05) is 14.1 Å². The van der Waals surface area contributed by atoms with Crippen molar-refractivity contribution >= 4 is 5.97 Å². The lowest BCUT2D eigenvalue weighted by Crippen LogP contribution is -2.22. The van der Waals surface area contributed by atoms with Gasteiger partial charge in [0, 0.05) is 12.5 Å². The Hall–Kier alpha value is -1.35. The molecule has 0 fully saturated rings. The summed E-state index contributed by atoms with van der Waals surface area (Å²) in [6, 6.07) is 6.69. The van der Waals surface area contributed by atoms with Crippen molar-refractivity contribution in [3.05, 3.63) is 34.9 Å². The normalized spacial score (nSPS) is 13.0. The Morgan fingerprint density at radius 1 is 1.32 bits per heavy atom. The predicted molar refractivity (Wildman–Crippen MR) is 78.6 cm³/mol. The van der Waals surface area contributed by atoms with Crippen molar-refractivity contribution in [3.63, 3.8) is 0 Å². The van der Waals surface area contributed by atoms with E-state index in [2.05, 4.69) is 43.9 Å². The van der Waals surface area contributed by atoms with Crippen molar-refractivity contribution in [2.45, 2.75) is 45.6 Å². The molecule has 106 valence electrons. The molecule has 0 aliphatic carbocycles. The van der Waals surface area contributed by atoms with Crippen molar-refractivity contribution in [1.82, 2.24) is 4.90 Å². The molecule has 0 bridgehead atoms. The summed E-state index contributed by atoms with van der Waals surface area (Å²) >= 11 is 0. The van der Waals surface area contributed by atoms with Crippen LogP contribution in [0.25, 0.3) is 0 Å². The van der Waals surface area contributed by atoms with E-state index in [1.54, 1.807) is 0 Å². The fraction of sp³-hybridized carbons (Fsp3) is 0.562. The molecule has 0 aromatic heterocycles. The zero-order chi connectivity index (χ0) is 14.6. The van der Waals surface area contributed by atoms with Gasteiger partial charge in [0.05, 0.1) is 0 Å². The van der Waals surface area contributed by atoms with Gasteiger partial charge in [-0.2, -0.15) is 0 Å². The molecule has 0 spiro atoms. The predicted octanol–water partition coefficient (Wildman–Crippen LogP) is 3.59. The third-order valence-corrected chi connectivity index (χ3v) is 3.58. The third-order valence-electron chi connectivity index (χ3n) is 3.58. The summed E-state index contributed by atoms with van der Waals surface area (Å²) in [6.07, 6.45) is 0.846. The molecule has 0 amide bonds. The summed E-state index contributed by atoms with van der Waals surface area (Å²) in [4.78, 5) is 12.9. The highest BCUT2D eigenvalue weighted by Gasteiger charge is 2.18. The molecule has 0 saturated heterocycles. The lowest BCUT2D eigenvalue weighted by molar-refractivity contribution is -0.137. The molecule has 19 heavy (non-hydrogen) atoms. The van der Waals surface area contributed by atoms with E-state index in [0.29, 0.717) is 12.3 Å². The molecule has 0 aliphatic rings. The summed E-state index contributed by atoms with van der Waals surface area (Å²) in [6.45, 7) is 6.45. The van der Waals surface area contributed by atoms with E-state index in [9.17, 15) is 4.79 Å². The third kappa shape index (κ3) is 4.35. The van der Waals surface area contributed by atoms with Crippen LogP contribution in [0.3, 0.4) is 0 Å². The Morgan fingerprint density at radius 3 is 2.42 bits per heavy atom. The topological polar surface area (TPSA) is 40.5 Å². The summed E-state index contributed by atoms with van der Waals surface area (Å²) in [5, 5.41) is 8.88. The summed E-state index contributed by atoms with van der Waals surface area (Å²) in [7, 11) is 4.02. The van der Waals surface area contributed by atoms with Gasteiger partial charge < -0.3 is 10.0 Å². The van der Waals surface area contributed by atoms with Crippen LogP contribution in [0.5, 0.6) is 0 Å². The van der Waals surface area contributed by atoms with E-state index in [-0.39, 0.29) is 12.5 Å². The average Bonchev–Trinajstić information content (AvgIpc) is 2.30. The van der Waals surface area contributed by atoms with E-state index in [1.165, 1.54) is 16.7 Å². The molecular weight excluding hydrogens is 238 g/mol. The van der Waals surface area contributed by atoms with Crippen molar-refractivity contribution in [1.29, 1.82) is 0 Å². The second-order valence-electron chi connectivity index (χ2n) is 5.68. The number of carboxylic acids is 1. The fourth-order valence-corrected chi connectivity index (χ4v) is 2.33. The first-order valence-corrected chi connectivity index (χ1v) is 6.81. The van der Waals surface area contributed by atoms with Crippen LogP contribution < -0.4 is 0 Å². The van der Waals surface area contributed by atoms with E-state index >= 15 is 0 Å². The maximum atomic E-state index is 10.8. The molecule has 3 heteroatoms. The van der Waals surface area contributed by atoms with Gasteiger partial charge >= 0.3 is 5.97 Å². The zero-order valence-corrected chi connectivity index (χ0v) is 12.6. The highest BCUT2D eigenvalue weighted by atomic mass is 16.4. The number of carboxylic acid groups (broad SMARTS) is 1. The fourth-order valence-electron chi connectivity index (χ4n) is 2.33. The molecule has 3 nitrogen and oxygen atoms in total. The summed E-state index contributed by atoms with van der Waals surface area (Å²) < 4.78 is 0. The smallest absolute Gasteiger partial charge is 0.303 e. The highest BCUT2D eigenvalue weighted by Crippen LogP contribution is 2.29. The lowest BCUT2D eigenvalue weighted by atomic mass is 9.91. The number of benzene rings is 1. The largest absolute Gasteiger partial charge is 0.481 e. The first-order chi connectivity index (χ1) is 8.82. The van der Waals surface area contributed by atoms with E-state index < -0.39 is 5.97 Å². The van der Waals surface area contributed by atoms with Gasteiger partial charge in [0.1, 0.15) is 0 Å². The molecule has 0 radical (unpaired) electrons. The van der Waals surface area contributed by atoms with Gasteiger partial charge in [-0.1, -0.05) is 32.0 Å². The van der Waals surface area contributed by atoms with Crippen molar-refractivity contribution < 1.29 is 9.90 Å². The molecule has 0 heterocycles. The first-order valence-electron chi connectivity index (χ1n) is 6.81. The Bertz CT molecular complexity index is 438.